The smallest absolute Gasteiger partial charge is 0.359 e. The number of carboxylic acids is 1. The lowest BCUT2D eigenvalue weighted by Gasteiger charge is -2.07. The van der Waals surface area contributed by atoms with Crippen molar-refractivity contribution >= 4 is 58.7 Å². The van der Waals surface area contributed by atoms with E-state index in [4.69, 9.17) is 28.0 Å². The summed E-state index contributed by atoms with van der Waals surface area (Å²) in [7, 11) is 1.09. The molecule has 0 aliphatic heterocycles. The fourth-order valence-electron chi connectivity index (χ4n) is 3.56. The van der Waals surface area contributed by atoms with Crippen molar-refractivity contribution in [3.05, 3.63) is 79.4 Å². The topological polar surface area (TPSA) is 343 Å². The van der Waals surface area contributed by atoms with Crippen LogP contribution in [-0.4, -0.2) is 65.9 Å². The highest BCUT2D eigenvalue weighted by Gasteiger charge is 2.18. The van der Waals surface area contributed by atoms with Crippen LogP contribution < -0.4 is 44.7 Å². The van der Waals surface area contributed by atoms with Crippen molar-refractivity contribution in [1.82, 2.24) is 29.9 Å². The summed E-state index contributed by atoms with van der Waals surface area (Å²) in [5.74, 6) is -6.66. The number of hydrogen-bond acceptors (Lipinski definition) is 15. The Hall–Kier alpha value is -7.00. The zero-order chi connectivity index (χ0) is 35.0. The lowest BCUT2D eigenvalue weighted by atomic mass is 10.2. The molecule has 4 aromatic rings. The molecule has 246 valence electrons. The third kappa shape index (κ3) is 9.01. The average molecular weight is 659 g/mol. The van der Waals surface area contributed by atoms with Gasteiger partial charge in [-0.3, -0.25) is 29.1 Å². The fourth-order valence-corrected chi connectivity index (χ4v) is 3.56. The number of nitrogens with two attached hydrogens (primary N) is 4. The minimum atomic E-state index is -1.53. The Morgan fingerprint density at radius 2 is 1.19 bits per heavy atom. The van der Waals surface area contributed by atoms with Crippen LogP contribution in [0.5, 0.6) is 0 Å². The monoisotopic (exact) mass is 658 g/mol. The number of anilines is 6. The van der Waals surface area contributed by atoms with Gasteiger partial charge in [-0.25, -0.2) is 28.3 Å². The molecule has 0 spiro atoms. The molecule has 20 nitrogen and oxygen atoms in total. The second kappa shape index (κ2) is 14.7. The molecule has 0 aliphatic carbocycles. The van der Waals surface area contributed by atoms with E-state index in [2.05, 4.69) is 45.3 Å². The van der Waals surface area contributed by atoms with E-state index < -0.39 is 70.7 Å². The predicted octanol–water partition coefficient (Wildman–Crippen LogP) is -1.22. The summed E-state index contributed by atoms with van der Waals surface area (Å²) in [5, 5.41) is 13.2. The summed E-state index contributed by atoms with van der Waals surface area (Å²) in [5.41, 5.74) is 18.8. The molecule has 0 unspecified atom stereocenters. The van der Waals surface area contributed by atoms with E-state index in [1.807, 2.05) is 0 Å². The number of carbonyl (C=O) groups is 4. The Balaban J connectivity index is 0.000000256. The number of methoxy groups -OCH3 is 1. The molecule has 0 atom stereocenters. The first-order valence-electron chi connectivity index (χ1n) is 12.6. The SMILES string of the molecule is COC(=O)c1ncc(NC(=O)Cc2c(N)nc(N)[nH]c2=O)cc1F.Nc1nc(N)c(CC(=O)Nc2cnc(C(=O)O)c(F)c2)c(=O)[nH]1. The molecule has 22 heteroatoms. The molecule has 4 aromatic heterocycles. The van der Waals surface area contributed by atoms with E-state index in [9.17, 15) is 37.5 Å². The first-order valence-corrected chi connectivity index (χ1v) is 12.6. The van der Waals surface area contributed by atoms with Crippen molar-refractivity contribution in [2.75, 3.05) is 40.7 Å². The molecular weight excluding hydrogens is 634 g/mol. The molecule has 0 radical (unpaired) electrons. The minimum absolute atomic E-state index is 0.0106. The third-order valence-corrected chi connectivity index (χ3v) is 5.64. The molecule has 4 rings (SSSR count). The molecule has 0 aliphatic rings. The van der Waals surface area contributed by atoms with Crippen LogP contribution in [-0.2, 0) is 27.2 Å². The third-order valence-electron chi connectivity index (χ3n) is 5.64. The zero-order valence-corrected chi connectivity index (χ0v) is 23.9. The molecular formula is C25H24F2N12O8. The van der Waals surface area contributed by atoms with E-state index in [0.29, 0.717) is 0 Å². The maximum Gasteiger partial charge on any atom is 0.359 e. The van der Waals surface area contributed by atoms with Crippen molar-refractivity contribution in [2.45, 2.75) is 12.8 Å². The van der Waals surface area contributed by atoms with Crippen LogP contribution in [0.3, 0.4) is 0 Å². The highest BCUT2D eigenvalue weighted by atomic mass is 19.1. The molecule has 0 saturated carbocycles. The van der Waals surface area contributed by atoms with Gasteiger partial charge >= 0.3 is 11.9 Å². The highest BCUT2D eigenvalue weighted by Crippen LogP contribution is 2.15. The van der Waals surface area contributed by atoms with Gasteiger partial charge < -0.3 is 43.4 Å². The predicted molar refractivity (Wildman–Crippen MR) is 159 cm³/mol. The van der Waals surface area contributed by atoms with Gasteiger partial charge in [0.05, 0.1) is 54.8 Å². The summed E-state index contributed by atoms with van der Waals surface area (Å²) in [6, 6.07) is 1.69. The highest BCUT2D eigenvalue weighted by molar-refractivity contribution is 5.94. The van der Waals surface area contributed by atoms with Gasteiger partial charge in [-0.2, -0.15) is 9.97 Å². The molecule has 4 heterocycles. The Morgan fingerprint density at radius 1 is 0.787 bits per heavy atom. The lowest BCUT2D eigenvalue weighted by molar-refractivity contribution is -0.116. The Morgan fingerprint density at radius 3 is 1.53 bits per heavy atom. The number of aromatic amines is 2. The number of nitrogens with one attached hydrogen (secondary N) is 4. The van der Waals surface area contributed by atoms with E-state index >= 15 is 0 Å². The number of aromatic carboxylic acids is 1. The van der Waals surface area contributed by atoms with Crippen LogP contribution in [0.4, 0.5) is 43.7 Å². The molecule has 0 aromatic carbocycles. The first-order chi connectivity index (χ1) is 22.1. The second-order valence-corrected chi connectivity index (χ2v) is 8.99. The number of ether oxygens (including phenoxy) is 1. The zero-order valence-electron chi connectivity index (χ0n) is 23.9. The molecule has 2 amide bonds. The van der Waals surface area contributed by atoms with E-state index in [1.54, 1.807) is 0 Å². The number of carbonyl (C=O) groups excluding carboxylic acids is 3. The second-order valence-electron chi connectivity index (χ2n) is 8.99. The van der Waals surface area contributed by atoms with Crippen LogP contribution in [0.15, 0.2) is 34.1 Å². The number of amides is 2. The number of rotatable bonds is 8. The van der Waals surface area contributed by atoms with Crippen LogP contribution in [0.25, 0.3) is 0 Å². The number of pyridine rings is 2. The van der Waals surface area contributed by atoms with E-state index in [0.717, 1.165) is 31.6 Å². The van der Waals surface area contributed by atoms with Crippen molar-refractivity contribution in [3.63, 3.8) is 0 Å². The Bertz CT molecular complexity index is 2000. The molecule has 0 bridgehead atoms. The van der Waals surface area contributed by atoms with E-state index in [-0.39, 0.29) is 46.0 Å². The largest absolute Gasteiger partial charge is 0.476 e. The van der Waals surface area contributed by atoms with Crippen molar-refractivity contribution in [2.24, 2.45) is 0 Å². The standard InChI is InChI=1S/C13H13FN6O4.C12H11FN6O4/c1-24-12(23)9-7(14)2-5(4-17-9)18-8(21)3-6-10(15)19-13(16)20-11(6)22;13-6-1-4(3-16-8(6)11(22)23)17-7(20)2-5-9(14)18-12(15)19-10(5)21/h2,4H,3H2,1H3,(H,18,21)(H5,15,16,19,20,22);1,3H,2H2,(H,17,20)(H,22,23)(H5,14,15,18,19,21). The number of aromatic nitrogens is 6. The lowest BCUT2D eigenvalue weighted by Crippen LogP contribution is -2.24. The molecule has 0 fully saturated rings. The fraction of sp³-hybridized carbons (Fsp3) is 0.120. The van der Waals surface area contributed by atoms with Gasteiger partial charge in [0.2, 0.25) is 23.7 Å². The number of halogens is 2. The summed E-state index contributed by atoms with van der Waals surface area (Å²) < 4.78 is 31.5. The molecule has 47 heavy (non-hydrogen) atoms. The van der Waals surface area contributed by atoms with Crippen LogP contribution in [0, 0.1) is 11.6 Å². The maximum absolute atomic E-state index is 13.7. The van der Waals surface area contributed by atoms with E-state index in [1.165, 1.54) is 0 Å². The molecule has 13 N–H and O–H groups in total. The van der Waals surface area contributed by atoms with Gasteiger partial charge in [0.1, 0.15) is 11.6 Å². The van der Waals surface area contributed by atoms with Crippen molar-refractivity contribution in [3.8, 4) is 0 Å². The minimum Gasteiger partial charge on any atom is -0.476 e. The quantitative estimate of drug-likeness (QED) is 0.100. The van der Waals surface area contributed by atoms with Gasteiger partial charge in [0.15, 0.2) is 23.0 Å². The van der Waals surface area contributed by atoms with Crippen molar-refractivity contribution < 1.29 is 37.8 Å². The number of H-pyrrole nitrogens is 2. The van der Waals surface area contributed by atoms with Crippen LogP contribution >= 0.6 is 0 Å². The van der Waals surface area contributed by atoms with Crippen LogP contribution in [0.2, 0.25) is 0 Å². The molecule has 0 saturated heterocycles. The normalized spacial score (nSPS) is 10.3. The summed E-state index contributed by atoms with van der Waals surface area (Å²) in [6.07, 6.45) is 1.20. The number of carboxylic acid groups (broad SMARTS) is 1. The van der Waals surface area contributed by atoms with Gasteiger partial charge in [0.25, 0.3) is 11.1 Å². The van der Waals surface area contributed by atoms with Crippen molar-refractivity contribution in [1.29, 1.82) is 0 Å². The van der Waals surface area contributed by atoms with Gasteiger partial charge in [-0.05, 0) is 0 Å². The van der Waals surface area contributed by atoms with Gasteiger partial charge in [-0.1, -0.05) is 0 Å². The number of hydrogen-bond donors (Lipinski definition) is 9. The number of nitrogens with zero attached hydrogens (tertiary/aromatic N) is 4. The average Bonchev–Trinajstić information content (AvgIpc) is 2.96. The number of esters is 1. The maximum atomic E-state index is 13.7. The number of nitrogen functional groups attached to an aromatic ring is 4. The summed E-state index contributed by atoms with van der Waals surface area (Å²) >= 11 is 0. The first kappa shape index (κ1) is 34.5. The van der Waals surface area contributed by atoms with Gasteiger partial charge in [-0.15, -0.1) is 0 Å². The van der Waals surface area contributed by atoms with Crippen LogP contribution in [0.1, 0.15) is 32.1 Å². The Labute approximate surface area is 259 Å². The summed E-state index contributed by atoms with van der Waals surface area (Å²) in [4.78, 5) is 87.6. The van der Waals surface area contributed by atoms with Gasteiger partial charge in [0, 0.05) is 12.1 Å². The Kier molecular flexibility index (Phi) is 10.8. The summed E-state index contributed by atoms with van der Waals surface area (Å²) in [6.45, 7) is 0.